The van der Waals surface area contributed by atoms with Gasteiger partial charge in [-0.1, -0.05) is 12.1 Å². The highest BCUT2D eigenvalue weighted by atomic mass is 127. The zero-order valence-electron chi connectivity index (χ0n) is 9.78. The number of halogens is 1. The Bertz CT molecular complexity index is 483. The van der Waals surface area contributed by atoms with Gasteiger partial charge in [-0.25, -0.2) is 0 Å². The van der Waals surface area contributed by atoms with Gasteiger partial charge in [0.15, 0.2) is 0 Å². The first-order chi connectivity index (χ1) is 8.25. The van der Waals surface area contributed by atoms with Gasteiger partial charge in [0.2, 0.25) is 0 Å². The van der Waals surface area contributed by atoms with Crippen molar-refractivity contribution >= 4 is 28.3 Å². The van der Waals surface area contributed by atoms with Gasteiger partial charge in [-0.3, -0.25) is 4.98 Å². The number of benzene rings is 1. The zero-order valence-corrected chi connectivity index (χ0v) is 11.9. The normalized spacial score (nSPS) is 10.2. The predicted molar refractivity (Wildman–Crippen MR) is 80.3 cm³/mol. The molecule has 88 valence electrons. The molecule has 2 aromatic rings. The molecule has 0 aliphatic rings. The van der Waals surface area contributed by atoms with Gasteiger partial charge >= 0.3 is 0 Å². The Balaban J connectivity index is 1.92. The first kappa shape index (κ1) is 12.4. The molecule has 3 heteroatoms. The van der Waals surface area contributed by atoms with E-state index in [2.05, 4.69) is 64.1 Å². The van der Waals surface area contributed by atoms with E-state index in [1.54, 1.807) is 0 Å². The lowest BCUT2D eigenvalue weighted by molar-refractivity contribution is 0.960. The molecule has 1 heterocycles. The average Bonchev–Trinajstić information content (AvgIpc) is 2.35. The molecule has 0 saturated heterocycles. The number of pyridine rings is 1. The third kappa shape index (κ3) is 3.70. The molecule has 17 heavy (non-hydrogen) atoms. The van der Waals surface area contributed by atoms with Gasteiger partial charge in [0.25, 0.3) is 0 Å². The molecule has 2 rings (SSSR count). The number of anilines is 1. The molecule has 1 aromatic heterocycles. The van der Waals surface area contributed by atoms with Gasteiger partial charge in [-0.05, 0) is 59.3 Å². The molecule has 0 fully saturated rings. The summed E-state index contributed by atoms with van der Waals surface area (Å²) in [5.41, 5.74) is 3.63. The second kappa shape index (κ2) is 6.00. The van der Waals surface area contributed by atoms with Crippen LogP contribution in [-0.2, 0) is 6.42 Å². The first-order valence-corrected chi connectivity index (χ1v) is 6.73. The number of rotatable bonds is 4. The Kier molecular flexibility index (Phi) is 4.36. The van der Waals surface area contributed by atoms with E-state index in [9.17, 15) is 0 Å². The van der Waals surface area contributed by atoms with Crippen LogP contribution in [0.5, 0.6) is 0 Å². The van der Waals surface area contributed by atoms with E-state index >= 15 is 0 Å². The lowest BCUT2D eigenvalue weighted by Gasteiger charge is -2.09. The van der Waals surface area contributed by atoms with Crippen LogP contribution in [0.25, 0.3) is 0 Å². The second-order valence-electron chi connectivity index (χ2n) is 3.96. The molecular weight excluding hydrogens is 323 g/mol. The fraction of sp³-hybridized carbons (Fsp3) is 0.214. The minimum absolute atomic E-state index is 0.915. The van der Waals surface area contributed by atoms with Crippen molar-refractivity contribution in [3.8, 4) is 0 Å². The quantitative estimate of drug-likeness (QED) is 0.861. The third-order valence-corrected chi connectivity index (χ3v) is 3.29. The van der Waals surface area contributed by atoms with E-state index < -0.39 is 0 Å². The fourth-order valence-corrected chi connectivity index (χ4v) is 2.15. The van der Waals surface area contributed by atoms with Crippen molar-refractivity contribution in [3.63, 3.8) is 0 Å². The van der Waals surface area contributed by atoms with E-state index in [0.717, 1.165) is 18.7 Å². The number of hydrogen-bond donors (Lipinski definition) is 1. The van der Waals surface area contributed by atoms with Crippen LogP contribution in [0.15, 0.2) is 42.6 Å². The molecule has 0 aliphatic carbocycles. The van der Waals surface area contributed by atoms with Crippen LogP contribution in [0.4, 0.5) is 5.69 Å². The molecule has 1 aromatic carbocycles. The van der Waals surface area contributed by atoms with Crippen molar-refractivity contribution in [1.29, 1.82) is 0 Å². The summed E-state index contributed by atoms with van der Waals surface area (Å²) in [5.74, 6) is 0. The summed E-state index contributed by atoms with van der Waals surface area (Å²) < 4.78 is 1.26. The van der Waals surface area contributed by atoms with Gasteiger partial charge in [0, 0.05) is 34.1 Å². The predicted octanol–water partition coefficient (Wildman–Crippen LogP) is 3.65. The molecule has 0 atom stereocenters. The number of nitrogens with one attached hydrogen (secondary N) is 1. The molecule has 0 spiro atoms. The highest BCUT2D eigenvalue weighted by molar-refractivity contribution is 14.1. The van der Waals surface area contributed by atoms with Crippen molar-refractivity contribution in [2.75, 3.05) is 11.9 Å². The Hall–Kier alpha value is -1.10. The maximum atomic E-state index is 4.31. The highest BCUT2D eigenvalue weighted by Crippen LogP contribution is 2.17. The standard InChI is InChI=1S/C14H15IN2/c1-11-5-6-12(15)10-14(11)17-9-7-13-4-2-3-8-16-13/h2-6,8,10,17H,7,9H2,1H3. The summed E-state index contributed by atoms with van der Waals surface area (Å²) in [7, 11) is 0. The highest BCUT2D eigenvalue weighted by Gasteiger charge is 1.99. The van der Waals surface area contributed by atoms with Gasteiger partial charge in [0.05, 0.1) is 0 Å². The average molecular weight is 338 g/mol. The molecule has 0 radical (unpaired) electrons. The molecule has 1 N–H and O–H groups in total. The van der Waals surface area contributed by atoms with Crippen molar-refractivity contribution in [1.82, 2.24) is 4.98 Å². The molecule has 0 unspecified atom stereocenters. The Morgan fingerprint density at radius 2 is 2.12 bits per heavy atom. The van der Waals surface area contributed by atoms with E-state index in [1.807, 2.05) is 18.3 Å². The molecular formula is C14H15IN2. The smallest absolute Gasteiger partial charge is 0.0421 e. The number of aromatic nitrogens is 1. The largest absolute Gasteiger partial charge is 0.384 e. The minimum atomic E-state index is 0.915. The van der Waals surface area contributed by atoms with E-state index in [4.69, 9.17) is 0 Å². The van der Waals surface area contributed by atoms with Crippen LogP contribution < -0.4 is 5.32 Å². The number of aryl methyl sites for hydroxylation is 1. The maximum Gasteiger partial charge on any atom is 0.0421 e. The summed E-state index contributed by atoms with van der Waals surface area (Å²) in [4.78, 5) is 4.31. The molecule has 2 nitrogen and oxygen atoms in total. The molecule has 0 saturated carbocycles. The van der Waals surface area contributed by atoms with E-state index in [-0.39, 0.29) is 0 Å². The van der Waals surface area contributed by atoms with Gasteiger partial charge in [-0.15, -0.1) is 0 Å². The van der Waals surface area contributed by atoms with Crippen LogP contribution in [0, 0.1) is 10.5 Å². The van der Waals surface area contributed by atoms with Crippen LogP contribution in [0.3, 0.4) is 0 Å². The van der Waals surface area contributed by atoms with Crippen molar-refractivity contribution in [3.05, 3.63) is 57.4 Å². The topological polar surface area (TPSA) is 24.9 Å². The molecule has 0 amide bonds. The summed E-state index contributed by atoms with van der Waals surface area (Å²) in [6.45, 7) is 3.04. The Morgan fingerprint density at radius 1 is 1.24 bits per heavy atom. The minimum Gasteiger partial charge on any atom is -0.384 e. The summed E-state index contributed by atoms with van der Waals surface area (Å²) >= 11 is 2.33. The molecule has 0 bridgehead atoms. The van der Waals surface area contributed by atoms with Crippen molar-refractivity contribution in [2.45, 2.75) is 13.3 Å². The van der Waals surface area contributed by atoms with Gasteiger partial charge in [0.1, 0.15) is 0 Å². The van der Waals surface area contributed by atoms with E-state index in [1.165, 1.54) is 14.8 Å². The maximum absolute atomic E-state index is 4.31. The van der Waals surface area contributed by atoms with Gasteiger partial charge < -0.3 is 5.32 Å². The molecule has 0 aliphatic heterocycles. The lowest BCUT2D eigenvalue weighted by Crippen LogP contribution is -2.07. The SMILES string of the molecule is Cc1ccc(I)cc1NCCc1ccccn1. The zero-order chi connectivity index (χ0) is 12.1. The fourth-order valence-electron chi connectivity index (χ4n) is 1.66. The third-order valence-electron chi connectivity index (χ3n) is 2.62. The van der Waals surface area contributed by atoms with E-state index in [0.29, 0.717) is 0 Å². The van der Waals surface area contributed by atoms with Crippen molar-refractivity contribution < 1.29 is 0 Å². The number of hydrogen-bond acceptors (Lipinski definition) is 2. The first-order valence-electron chi connectivity index (χ1n) is 5.65. The van der Waals surface area contributed by atoms with Crippen LogP contribution in [-0.4, -0.2) is 11.5 Å². The summed E-state index contributed by atoms with van der Waals surface area (Å²) in [6, 6.07) is 12.5. The summed E-state index contributed by atoms with van der Waals surface area (Å²) in [5, 5.41) is 3.46. The Labute approximate surface area is 116 Å². The van der Waals surface area contributed by atoms with Gasteiger partial charge in [-0.2, -0.15) is 0 Å². The Morgan fingerprint density at radius 3 is 2.88 bits per heavy atom. The van der Waals surface area contributed by atoms with Crippen LogP contribution in [0.2, 0.25) is 0 Å². The van der Waals surface area contributed by atoms with Crippen LogP contribution in [0.1, 0.15) is 11.3 Å². The monoisotopic (exact) mass is 338 g/mol. The summed E-state index contributed by atoms with van der Waals surface area (Å²) in [6.07, 6.45) is 2.79. The lowest BCUT2D eigenvalue weighted by atomic mass is 10.2. The van der Waals surface area contributed by atoms with Crippen LogP contribution >= 0.6 is 22.6 Å². The number of nitrogens with zero attached hydrogens (tertiary/aromatic N) is 1. The van der Waals surface area contributed by atoms with Crippen molar-refractivity contribution in [2.24, 2.45) is 0 Å². The second-order valence-corrected chi connectivity index (χ2v) is 5.20.